The molecule has 2 rings (SSSR count). The van der Waals surface area contributed by atoms with Crippen molar-refractivity contribution in [3.8, 4) is 0 Å². The van der Waals surface area contributed by atoms with E-state index in [-0.39, 0.29) is 0 Å². The Hall–Kier alpha value is -1.91. The first-order valence-corrected chi connectivity index (χ1v) is 4.76. The van der Waals surface area contributed by atoms with E-state index in [1.165, 1.54) is 0 Å². The van der Waals surface area contributed by atoms with Gasteiger partial charge < -0.3 is 10.3 Å². The summed E-state index contributed by atoms with van der Waals surface area (Å²) in [5.41, 5.74) is 1.55. The molecule has 2 aromatic rings. The Morgan fingerprint density at radius 2 is 2.20 bits per heavy atom. The Kier molecular flexibility index (Phi) is 2.37. The number of nitrogens with zero attached hydrogens (tertiary/aromatic N) is 3. The number of anilines is 1. The SMILES string of the molecule is C=CCc1nc(NC)c2[nH]c(C)nc2n1. The van der Waals surface area contributed by atoms with Crippen LogP contribution in [0.25, 0.3) is 11.2 Å². The molecule has 2 aromatic heterocycles. The molecule has 0 aliphatic rings. The first kappa shape index (κ1) is 9.64. The lowest BCUT2D eigenvalue weighted by Crippen LogP contribution is -2.00. The van der Waals surface area contributed by atoms with Gasteiger partial charge in [-0.15, -0.1) is 6.58 Å². The summed E-state index contributed by atoms with van der Waals surface area (Å²) >= 11 is 0. The third kappa shape index (κ3) is 1.68. The summed E-state index contributed by atoms with van der Waals surface area (Å²) in [4.78, 5) is 16.1. The van der Waals surface area contributed by atoms with Crippen molar-refractivity contribution in [2.45, 2.75) is 13.3 Å². The lowest BCUT2D eigenvalue weighted by Gasteiger charge is -2.02. The first-order chi connectivity index (χ1) is 7.24. The van der Waals surface area contributed by atoms with E-state index >= 15 is 0 Å². The van der Waals surface area contributed by atoms with Gasteiger partial charge in [-0.05, 0) is 6.92 Å². The second kappa shape index (κ2) is 3.68. The Bertz CT molecular complexity index is 500. The van der Waals surface area contributed by atoms with Gasteiger partial charge in [0.2, 0.25) is 0 Å². The van der Waals surface area contributed by atoms with Crippen LogP contribution in [-0.2, 0) is 6.42 Å². The zero-order chi connectivity index (χ0) is 10.8. The number of imidazole rings is 1. The number of aryl methyl sites for hydroxylation is 1. The third-order valence-electron chi connectivity index (χ3n) is 2.08. The summed E-state index contributed by atoms with van der Waals surface area (Å²) < 4.78 is 0. The lowest BCUT2D eigenvalue weighted by atomic mass is 10.4. The standard InChI is InChI=1S/C10H13N5/c1-4-5-7-14-9(11-3)8-10(15-7)13-6(2)12-8/h4H,1,5H2,2-3H3,(H2,11,12,13,14,15). The van der Waals surface area contributed by atoms with E-state index in [2.05, 4.69) is 31.8 Å². The van der Waals surface area contributed by atoms with Gasteiger partial charge >= 0.3 is 0 Å². The summed E-state index contributed by atoms with van der Waals surface area (Å²) in [7, 11) is 1.83. The Labute approximate surface area is 87.7 Å². The van der Waals surface area contributed by atoms with Crippen molar-refractivity contribution >= 4 is 17.0 Å². The topological polar surface area (TPSA) is 66.5 Å². The largest absolute Gasteiger partial charge is 0.371 e. The molecule has 2 heterocycles. The van der Waals surface area contributed by atoms with Crippen LogP contribution in [0.5, 0.6) is 0 Å². The Balaban J connectivity index is 2.64. The molecule has 0 amide bonds. The average Bonchev–Trinajstić information content (AvgIpc) is 2.57. The first-order valence-electron chi connectivity index (χ1n) is 4.76. The summed E-state index contributed by atoms with van der Waals surface area (Å²) in [5.74, 6) is 2.34. The predicted molar refractivity (Wildman–Crippen MR) is 59.9 cm³/mol. The maximum atomic E-state index is 4.36. The fourth-order valence-corrected chi connectivity index (χ4v) is 1.46. The number of nitrogens with one attached hydrogen (secondary N) is 2. The normalized spacial score (nSPS) is 10.5. The number of hydrogen-bond acceptors (Lipinski definition) is 4. The molecule has 5 nitrogen and oxygen atoms in total. The van der Waals surface area contributed by atoms with Crippen LogP contribution in [0.4, 0.5) is 5.82 Å². The molecule has 5 heteroatoms. The molecule has 0 saturated heterocycles. The van der Waals surface area contributed by atoms with Crippen molar-refractivity contribution in [3.05, 3.63) is 24.3 Å². The maximum absolute atomic E-state index is 4.36. The zero-order valence-corrected chi connectivity index (χ0v) is 8.83. The molecule has 0 aliphatic heterocycles. The second-order valence-electron chi connectivity index (χ2n) is 3.25. The van der Waals surface area contributed by atoms with Crippen LogP contribution in [-0.4, -0.2) is 27.0 Å². The molecular formula is C10H13N5. The molecule has 0 fully saturated rings. The van der Waals surface area contributed by atoms with Crippen molar-refractivity contribution in [3.63, 3.8) is 0 Å². The molecule has 0 radical (unpaired) electrons. The molecule has 78 valence electrons. The molecule has 0 saturated carbocycles. The van der Waals surface area contributed by atoms with E-state index in [0.717, 1.165) is 23.0 Å². The number of hydrogen-bond donors (Lipinski definition) is 2. The highest BCUT2D eigenvalue weighted by atomic mass is 15.1. The molecule has 15 heavy (non-hydrogen) atoms. The van der Waals surface area contributed by atoms with Crippen molar-refractivity contribution in [2.24, 2.45) is 0 Å². The van der Waals surface area contributed by atoms with Gasteiger partial charge in [0.15, 0.2) is 11.5 Å². The summed E-state index contributed by atoms with van der Waals surface area (Å²) in [6.07, 6.45) is 2.43. The minimum Gasteiger partial charge on any atom is -0.371 e. The molecule has 2 N–H and O–H groups in total. The van der Waals surface area contributed by atoms with Crippen LogP contribution in [0, 0.1) is 6.92 Å². The highest BCUT2D eigenvalue weighted by Gasteiger charge is 2.09. The highest BCUT2D eigenvalue weighted by molar-refractivity contribution is 5.82. The maximum Gasteiger partial charge on any atom is 0.183 e. The van der Waals surface area contributed by atoms with E-state index in [0.29, 0.717) is 12.1 Å². The molecule has 0 bridgehead atoms. The molecular weight excluding hydrogens is 190 g/mol. The quantitative estimate of drug-likeness (QED) is 0.740. The highest BCUT2D eigenvalue weighted by Crippen LogP contribution is 2.17. The minimum absolute atomic E-state index is 0.649. The van der Waals surface area contributed by atoms with Crippen molar-refractivity contribution in [2.75, 3.05) is 12.4 Å². The number of aromatic amines is 1. The molecule has 0 unspecified atom stereocenters. The van der Waals surface area contributed by atoms with Crippen LogP contribution in [0.3, 0.4) is 0 Å². The van der Waals surface area contributed by atoms with E-state index in [9.17, 15) is 0 Å². The van der Waals surface area contributed by atoms with Crippen LogP contribution >= 0.6 is 0 Å². The van der Waals surface area contributed by atoms with Crippen LogP contribution in [0.1, 0.15) is 11.6 Å². The summed E-state index contributed by atoms with van der Waals surface area (Å²) in [6.45, 7) is 5.57. The van der Waals surface area contributed by atoms with E-state index < -0.39 is 0 Å². The second-order valence-corrected chi connectivity index (χ2v) is 3.25. The Morgan fingerprint density at radius 3 is 2.87 bits per heavy atom. The molecule has 0 aliphatic carbocycles. The van der Waals surface area contributed by atoms with Gasteiger partial charge in [0, 0.05) is 13.5 Å². The number of fused-ring (bicyclic) bond motifs is 1. The van der Waals surface area contributed by atoms with E-state index in [4.69, 9.17) is 0 Å². The minimum atomic E-state index is 0.649. The van der Waals surface area contributed by atoms with Crippen molar-refractivity contribution < 1.29 is 0 Å². The van der Waals surface area contributed by atoms with Crippen LogP contribution < -0.4 is 5.32 Å². The number of rotatable bonds is 3. The smallest absolute Gasteiger partial charge is 0.183 e. The van der Waals surface area contributed by atoms with Gasteiger partial charge in [0.25, 0.3) is 0 Å². The number of allylic oxidation sites excluding steroid dienone is 1. The third-order valence-corrected chi connectivity index (χ3v) is 2.08. The molecule has 0 atom stereocenters. The number of H-pyrrole nitrogens is 1. The monoisotopic (exact) mass is 203 g/mol. The molecule has 0 spiro atoms. The lowest BCUT2D eigenvalue weighted by molar-refractivity contribution is 1.01. The summed E-state index contributed by atoms with van der Waals surface area (Å²) in [6, 6.07) is 0. The van der Waals surface area contributed by atoms with Gasteiger partial charge in [-0.2, -0.15) is 0 Å². The van der Waals surface area contributed by atoms with Gasteiger partial charge in [-0.3, -0.25) is 0 Å². The van der Waals surface area contributed by atoms with Gasteiger partial charge in [-0.25, -0.2) is 15.0 Å². The van der Waals surface area contributed by atoms with Gasteiger partial charge in [0.1, 0.15) is 17.2 Å². The predicted octanol–water partition coefficient (Wildman–Crippen LogP) is 1.43. The zero-order valence-electron chi connectivity index (χ0n) is 8.83. The van der Waals surface area contributed by atoms with E-state index in [1.54, 1.807) is 6.08 Å². The fourth-order valence-electron chi connectivity index (χ4n) is 1.46. The van der Waals surface area contributed by atoms with E-state index in [1.807, 2.05) is 14.0 Å². The van der Waals surface area contributed by atoms with Crippen LogP contribution in [0.2, 0.25) is 0 Å². The average molecular weight is 203 g/mol. The fraction of sp³-hybridized carbons (Fsp3) is 0.300. The van der Waals surface area contributed by atoms with Crippen molar-refractivity contribution in [1.82, 2.24) is 19.9 Å². The van der Waals surface area contributed by atoms with Gasteiger partial charge in [-0.1, -0.05) is 6.08 Å². The van der Waals surface area contributed by atoms with Gasteiger partial charge in [0.05, 0.1) is 0 Å². The summed E-state index contributed by atoms with van der Waals surface area (Å²) in [5, 5.41) is 3.03. The molecule has 0 aromatic carbocycles. The van der Waals surface area contributed by atoms with Crippen LogP contribution in [0.15, 0.2) is 12.7 Å². The number of aromatic nitrogens is 4. The van der Waals surface area contributed by atoms with Crippen molar-refractivity contribution in [1.29, 1.82) is 0 Å². The Morgan fingerprint density at radius 1 is 1.40 bits per heavy atom.